The number of piperazine rings is 1. The number of nitrogens with one attached hydrogen (secondary N) is 1. The normalized spacial score (nSPS) is 15.7. The Hall–Kier alpha value is -2.42. The number of amides is 1. The highest BCUT2D eigenvalue weighted by atomic mass is 32.2. The summed E-state index contributed by atoms with van der Waals surface area (Å²) in [6, 6.07) is 10.5. The van der Waals surface area contributed by atoms with Crippen LogP contribution in [-0.2, 0) is 14.8 Å². The summed E-state index contributed by atoms with van der Waals surface area (Å²) >= 11 is 0. The minimum Gasteiger partial charge on any atom is -0.497 e. The minimum absolute atomic E-state index is 0.0866. The van der Waals surface area contributed by atoms with Crippen LogP contribution in [0.15, 0.2) is 41.3 Å². The fourth-order valence-electron chi connectivity index (χ4n) is 3.78. The van der Waals surface area contributed by atoms with Gasteiger partial charge in [0.15, 0.2) is 0 Å². The number of hydrogen-bond donors (Lipinski definition) is 1. The smallest absolute Gasteiger partial charge is 0.243 e. The second-order valence-electron chi connectivity index (χ2n) is 7.68. The summed E-state index contributed by atoms with van der Waals surface area (Å²) in [7, 11) is -2.01. The molecule has 2 aromatic carbocycles. The highest BCUT2D eigenvalue weighted by Gasteiger charge is 2.29. The van der Waals surface area contributed by atoms with E-state index in [0.717, 1.165) is 22.4 Å². The van der Waals surface area contributed by atoms with E-state index in [1.807, 2.05) is 37.8 Å². The third kappa shape index (κ3) is 5.00. The topological polar surface area (TPSA) is 79.0 Å². The molecule has 3 rings (SSSR count). The molecule has 162 valence electrons. The van der Waals surface area contributed by atoms with E-state index < -0.39 is 10.0 Å². The Morgan fingerprint density at radius 2 is 1.57 bits per heavy atom. The zero-order valence-corrected chi connectivity index (χ0v) is 18.8. The molecule has 0 radical (unpaired) electrons. The molecule has 8 heteroatoms. The molecule has 0 saturated carbocycles. The van der Waals surface area contributed by atoms with E-state index in [4.69, 9.17) is 4.74 Å². The monoisotopic (exact) mass is 431 g/mol. The number of methoxy groups -OCH3 is 1. The predicted molar refractivity (Wildman–Crippen MR) is 117 cm³/mol. The molecule has 0 bridgehead atoms. The lowest BCUT2D eigenvalue weighted by molar-refractivity contribution is -0.117. The van der Waals surface area contributed by atoms with Crippen LogP contribution in [0.4, 0.5) is 5.69 Å². The highest BCUT2D eigenvalue weighted by molar-refractivity contribution is 7.89. The van der Waals surface area contributed by atoms with Gasteiger partial charge in [-0.05, 0) is 56.2 Å². The summed E-state index contributed by atoms with van der Waals surface area (Å²) in [6.45, 7) is 7.96. The van der Waals surface area contributed by atoms with Crippen molar-refractivity contribution in [1.82, 2.24) is 9.21 Å². The molecule has 1 fully saturated rings. The third-order valence-electron chi connectivity index (χ3n) is 5.34. The number of ether oxygens (including phenoxy) is 1. The van der Waals surface area contributed by atoms with E-state index in [1.165, 1.54) is 4.31 Å². The van der Waals surface area contributed by atoms with Crippen LogP contribution in [0.25, 0.3) is 0 Å². The summed E-state index contributed by atoms with van der Waals surface area (Å²) in [5.41, 5.74) is 4.09. The molecule has 0 aliphatic carbocycles. The Morgan fingerprint density at radius 1 is 1.00 bits per heavy atom. The van der Waals surface area contributed by atoms with Crippen LogP contribution in [0.3, 0.4) is 0 Å². The third-order valence-corrected chi connectivity index (χ3v) is 7.25. The van der Waals surface area contributed by atoms with E-state index in [9.17, 15) is 13.2 Å². The number of benzene rings is 2. The highest BCUT2D eigenvalue weighted by Crippen LogP contribution is 2.23. The average Bonchev–Trinajstić information content (AvgIpc) is 2.71. The lowest BCUT2D eigenvalue weighted by Gasteiger charge is -2.33. The number of carbonyl (C=O) groups is 1. The Labute approximate surface area is 178 Å². The number of rotatable bonds is 6. The van der Waals surface area contributed by atoms with Crippen LogP contribution < -0.4 is 10.1 Å². The van der Waals surface area contributed by atoms with Gasteiger partial charge in [-0.25, -0.2) is 8.42 Å². The first-order valence-corrected chi connectivity index (χ1v) is 11.4. The molecule has 0 aromatic heterocycles. The van der Waals surface area contributed by atoms with Crippen LogP contribution in [0.5, 0.6) is 5.75 Å². The van der Waals surface area contributed by atoms with E-state index in [2.05, 4.69) is 5.32 Å². The largest absolute Gasteiger partial charge is 0.497 e. The van der Waals surface area contributed by atoms with Gasteiger partial charge in [-0.2, -0.15) is 4.31 Å². The fraction of sp³-hybridized carbons (Fsp3) is 0.409. The first-order chi connectivity index (χ1) is 14.2. The molecular formula is C22H29N3O4S. The zero-order valence-electron chi connectivity index (χ0n) is 17.9. The SMILES string of the molecule is COc1ccc(S(=O)(=O)N2CCN(CC(=O)Nc3c(C)cc(C)cc3C)CC2)cc1. The lowest BCUT2D eigenvalue weighted by atomic mass is 10.1. The van der Waals surface area contributed by atoms with Gasteiger partial charge in [0, 0.05) is 31.9 Å². The Morgan fingerprint density at radius 3 is 2.10 bits per heavy atom. The van der Waals surface area contributed by atoms with Gasteiger partial charge in [-0.15, -0.1) is 0 Å². The maximum Gasteiger partial charge on any atom is 0.243 e. The average molecular weight is 432 g/mol. The molecule has 0 spiro atoms. The first kappa shape index (κ1) is 22.3. The van der Waals surface area contributed by atoms with Crippen molar-refractivity contribution < 1.29 is 17.9 Å². The first-order valence-electron chi connectivity index (χ1n) is 9.95. The number of carbonyl (C=O) groups excluding carboxylic acids is 1. The van der Waals surface area contributed by atoms with Crippen LogP contribution in [0.2, 0.25) is 0 Å². The van der Waals surface area contributed by atoms with Crippen LogP contribution in [0, 0.1) is 20.8 Å². The molecule has 1 N–H and O–H groups in total. The number of nitrogens with zero attached hydrogens (tertiary/aromatic N) is 2. The van der Waals surface area contributed by atoms with Crippen LogP contribution in [-0.4, -0.2) is 63.4 Å². The van der Waals surface area contributed by atoms with Crippen molar-refractivity contribution in [2.24, 2.45) is 0 Å². The number of aryl methyl sites for hydroxylation is 3. The molecule has 2 aromatic rings. The van der Waals surface area contributed by atoms with Crippen molar-refractivity contribution in [1.29, 1.82) is 0 Å². The molecule has 7 nitrogen and oxygen atoms in total. The van der Waals surface area contributed by atoms with Gasteiger partial charge < -0.3 is 10.1 Å². The second kappa shape index (κ2) is 9.16. The maximum atomic E-state index is 12.8. The van der Waals surface area contributed by atoms with Crippen LogP contribution in [0.1, 0.15) is 16.7 Å². The molecule has 0 unspecified atom stereocenters. The Bertz CT molecular complexity index is 988. The molecule has 1 amide bonds. The molecule has 1 aliphatic heterocycles. The van der Waals surface area contributed by atoms with Gasteiger partial charge in [0.25, 0.3) is 0 Å². The summed E-state index contributed by atoms with van der Waals surface area (Å²) in [5, 5.41) is 3.01. The Balaban J connectivity index is 1.57. The summed E-state index contributed by atoms with van der Waals surface area (Å²) in [5.74, 6) is 0.528. The van der Waals surface area contributed by atoms with Gasteiger partial charge in [-0.1, -0.05) is 17.7 Å². The quantitative estimate of drug-likeness (QED) is 0.761. The standard InChI is InChI=1S/C22H29N3O4S/c1-16-13-17(2)22(18(3)14-16)23-21(26)15-24-9-11-25(12-10-24)30(27,28)20-7-5-19(29-4)6-8-20/h5-8,13-14H,9-12,15H2,1-4H3,(H,23,26). The summed E-state index contributed by atoms with van der Waals surface area (Å²) in [6.07, 6.45) is 0. The number of anilines is 1. The molecule has 1 heterocycles. The van der Waals surface area contributed by atoms with E-state index >= 15 is 0 Å². The van der Waals surface area contributed by atoms with Crippen molar-refractivity contribution in [2.45, 2.75) is 25.7 Å². The van der Waals surface area contributed by atoms with E-state index in [-0.39, 0.29) is 17.3 Å². The molecule has 0 atom stereocenters. The van der Waals surface area contributed by atoms with Crippen molar-refractivity contribution in [3.8, 4) is 5.75 Å². The van der Waals surface area contributed by atoms with Crippen molar-refractivity contribution >= 4 is 21.6 Å². The fourth-order valence-corrected chi connectivity index (χ4v) is 5.21. The van der Waals surface area contributed by atoms with E-state index in [1.54, 1.807) is 31.4 Å². The van der Waals surface area contributed by atoms with Crippen molar-refractivity contribution in [2.75, 3.05) is 45.2 Å². The van der Waals surface area contributed by atoms with Crippen LogP contribution >= 0.6 is 0 Å². The molecular weight excluding hydrogens is 402 g/mol. The predicted octanol–water partition coefficient (Wildman–Crippen LogP) is 2.57. The molecule has 30 heavy (non-hydrogen) atoms. The Kier molecular flexibility index (Phi) is 6.80. The summed E-state index contributed by atoms with van der Waals surface area (Å²) in [4.78, 5) is 14.8. The lowest BCUT2D eigenvalue weighted by Crippen LogP contribution is -2.50. The van der Waals surface area contributed by atoms with Gasteiger partial charge in [0.05, 0.1) is 18.6 Å². The van der Waals surface area contributed by atoms with Crippen molar-refractivity contribution in [3.05, 3.63) is 53.1 Å². The van der Waals surface area contributed by atoms with Crippen molar-refractivity contribution in [3.63, 3.8) is 0 Å². The molecule has 1 aliphatic rings. The zero-order chi connectivity index (χ0) is 21.9. The number of sulfonamides is 1. The van der Waals surface area contributed by atoms with Gasteiger partial charge in [-0.3, -0.25) is 9.69 Å². The van der Waals surface area contributed by atoms with Gasteiger partial charge >= 0.3 is 0 Å². The number of hydrogen-bond acceptors (Lipinski definition) is 5. The minimum atomic E-state index is -3.55. The molecule has 1 saturated heterocycles. The maximum absolute atomic E-state index is 12.8. The van der Waals surface area contributed by atoms with E-state index in [0.29, 0.717) is 31.9 Å². The van der Waals surface area contributed by atoms with Gasteiger partial charge in [0.1, 0.15) is 5.75 Å². The second-order valence-corrected chi connectivity index (χ2v) is 9.62. The van der Waals surface area contributed by atoms with Gasteiger partial charge in [0.2, 0.25) is 15.9 Å². The summed E-state index contributed by atoms with van der Waals surface area (Å²) < 4.78 is 32.3.